The van der Waals surface area contributed by atoms with Crippen molar-refractivity contribution in [1.29, 1.82) is 0 Å². The van der Waals surface area contributed by atoms with Gasteiger partial charge in [0.25, 0.3) is 0 Å². The van der Waals surface area contributed by atoms with Crippen LogP contribution in [-0.2, 0) is 6.61 Å². The fourth-order valence-electron chi connectivity index (χ4n) is 2.06. The van der Waals surface area contributed by atoms with Gasteiger partial charge in [0.2, 0.25) is 0 Å². The van der Waals surface area contributed by atoms with Gasteiger partial charge in [-0.05, 0) is 38.8 Å². The number of aliphatic hydroxyl groups excluding tert-OH is 1. The Morgan fingerprint density at radius 2 is 2.00 bits per heavy atom. The summed E-state index contributed by atoms with van der Waals surface area (Å²) in [5, 5.41) is 9.49. The molecule has 0 radical (unpaired) electrons. The average Bonchev–Trinajstić information content (AvgIpc) is 2.29. The standard InChI is InChI=1S/C14H24N2O/c1-5-7-8-16(6-2)14-13(10-17)11(3)9-12(4)15-14/h9,17H,5-8,10H2,1-4H3. The maximum atomic E-state index is 9.49. The molecule has 0 aromatic carbocycles. The Bertz CT molecular complexity index is 363. The minimum atomic E-state index is 0.0665. The van der Waals surface area contributed by atoms with Crippen LogP contribution in [0.15, 0.2) is 6.07 Å². The summed E-state index contributed by atoms with van der Waals surface area (Å²) in [6, 6.07) is 2.03. The Kier molecular flexibility index (Phi) is 5.42. The zero-order chi connectivity index (χ0) is 12.8. The van der Waals surface area contributed by atoms with Gasteiger partial charge in [0, 0.05) is 24.3 Å². The molecule has 1 aromatic heterocycles. The lowest BCUT2D eigenvalue weighted by Crippen LogP contribution is -2.26. The van der Waals surface area contributed by atoms with Gasteiger partial charge in [0.1, 0.15) is 5.82 Å². The van der Waals surface area contributed by atoms with E-state index < -0.39 is 0 Å². The number of anilines is 1. The van der Waals surface area contributed by atoms with Crippen LogP contribution in [0.5, 0.6) is 0 Å². The van der Waals surface area contributed by atoms with Crippen molar-refractivity contribution in [3.63, 3.8) is 0 Å². The van der Waals surface area contributed by atoms with Crippen LogP contribution < -0.4 is 4.90 Å². The number of aryl methyl sites for hydroxylation is 2. The number of pyridine rings is 1. The first-order valence-electron chi connectivity index (χ1n) is 6.46. The summed E-state index contributed by atoms with van der Waals surface area (Å²) in [7, 11) is 0. The van der Waals surface area contributed by atoms with Gasteiger partial charge in [0.15, 0.2) is 0 Å². The number of rotatable bonds is 6. The van der Waals surface area contributed by atoms with Crippen LogP contribution in [-0.4, -0.2) is 23.2 Å². The second kappa shape index (κ2) is 6.60. The smallest absolute Gasteiger partial charge is 0.134 e. The SMILES string of the molecule is CCCCN(CC)c1nc(C)cc(C)c1CO. The van der Waals surface area contributed by atoms with Crippen molar-refractivity contribution in [2.45, 2.75) is 47.1 Å². The maximum Gasteiger partial charge on any atom is 0.134 e. The summed E-state index contributed by atoms with van der Waals surface area (Å²) in [6.07, 6.45) is 2.34. The lowest BCUT2D eigenvalue weighted by molar-refractivity contribution is 0.280. The minimum absolute atomic E-state index is 0.0665. The molecule has 0 amide bonds. The monoisotopic (exact) mass is 236 g/mol. The topological polar surface area (TPSA) is 36.4 Å². The van der Waals surface area contributed by atoms with E-state index in [1.54, 1.807) is 0 Å². The van der Waals surface area contributed by atoms with Crippen molar-refractivity contribution in [2.75, 3.05) is 18.0 Å². The van der Waals surface area contributed by atoms with Crippen LogP contribution in [0.2, 0.25) is 0 Å². The van der Waals surface area contributed by atoms with E-state index in [4.69, 9.17) is 0 Å². The predicted octanol–water partition coefficient (Wildman–Crippen LogP) is 2.82. The van der Waals surface area contributed by atoms with Gasteiger partial charge in [0.05, 0.1) is 6.61 Å². The molecule has 0 bridgehead atoms. The van der Waals surface area contributed by atoms with Crippen molar-refractivity contribution in [3.05, 3.63) is 22.9 Å². The molecule has 0 atom stereocenters. The number of aliphatic hydroxyl groups is 1. The van der Waals surface area contributed by atoms with Gasteiger partial charge in [-0.3, -0.25) is 0 Å². The molecule has 0 aliphatic rings. The van der Waals surface area contributed by atoms with Crippen molar-refractivity contribution in [3.8, 4) is 0 Å². The van der Waals surface area contributed by atoms with E-state index in [1.807, 2.05) is 19.9 Å². The molecule has 96 valence electrons. The molecular weight excluding hydrogens is 212 g/mol. The number of aromatic nitrogens is 1. The van der Waals surface area contributed by atoms with Crippen LogP contribution in [0.3, 0.4) is 0 Å². The zero-order valence-corrected chi connectivity index (χ0v) is 11.5. The average molecular weight is 236 g/mol. The van der Waals surface area contributed by atoms with E-state index in [0.29, 0.717) is 0 Å². The molecule has 0 aliphatic carbocycles. The molecule has 0 saturated carbocycles. The molecule has 0 unspecified atom stereocenters. The lowest BCUT2D eigenvalue weighted by atomic mass is 10.1. The molecule has 0 saturated heterocycles. The lowest BCUT2D eigenvalue weighted by Gasteiger charge is -2.25. The first kappa shape index (κ1) is 14.0. The quantitative estimate of drug-likeness (QED) is 0.825. The van der Waals surface area contributed by atoms with Crippen LogP contribution in [0.1, 0.15) is 43.5 Å². The Hall–Kier alpha value is -1.09. The fourth-order valence-corrected chi connectivity index (χ4v) is 2.06. The minimum Gasteiger partial charge on any atom is -0.392 e. The van der Waals surface area contributed by atoms with Crippen LogP contribution in [0.4, 0.5) is 5.82 Å². The molecule has 1 N–H and O–H groups in total. The van der Waals surface area contributed by atoms with Gasteiger partial charge in [-0.1, -0.05) is 13.3 Å². The predicted molar refractivity (Wildman–Crippen MR) is 72.4 cm³/mol. The molecule has 1 rings (SSSR count). The van der Waals surface area contributed by atoms with E-state index in [9.17, 15) is 5.11 Å². The second-order valence-corrected chi connectivity index (χ2v) is 4.47. The van der Waals surface area contributed by atoms with Gasteiger partial charge < -0.3 is 10.0 Å². The maximum absolute atomic E-state index is 9.49. The second-order valence-electron chi connectivity index (χ2n) is 4.47. The highest BCUT2D eigenvalue weighted by Gasteiger charge is 2.13. The van der Waals surface area contributed by atoms with E-state index >= 15 is 0 Å². The van der Waals surface area contributed by atoms with E-state index in [-0.39, 0.29) is 6.61 Å². The van der Waals surface area contributed by atoms with Crippen molar-refractivity contribution >= 4 is 5.82 Å². The van der Waals surface area contributed by atoms with E-state index in [2.05, 4.69) is 23.7 Å². The fraction of sp³-hybridized carbons (Fsp3) is 0.643. The largest absolute Gasteiger partial charge is 0.392 e. The molecular formula is C14H24N2O. The first-order chi connectivity index (χ1) is 8.13. The summed E-state index contributed by atoms with van der Waals surface area (Å²) < 4.78 is 0. The highest BCUT2D eigenvalue weighted by atomic mass is 16.3. The van der Waals surface area contributed by atoms with E-state index in [1.165, 1.54) is 6.42 Å². The van der Waals surface area contributed by atoms with Crippen molar-refractivity contribution in [2.24, 2.45) is 0 Å². The number of hydrogen-bond donors (Lipinski definition) is 1. The molecule has 0 spiro atoms. The molecule has 3 nitrogen and oxygen atoms in total. The van der Waals surface area contributed by atoms with Gasteiger partial charge >= 0.3 is 0 Å². The molecule has 17 heavy (non-hydrogen) atoms. The molecule has 3 heteroatoms. The highest BCUT2D eigenvalue weighted by molar-refractivity contribution is 5.51. The Morgan fingerprint density at radius 1 is 1.29 bits per heavy atom. The van der Waals surface area contributed by atoms with Crippen molar-refractivity contribution < 1.29 is 5.11 Å². The Balaban J connectivity index is 3.07. The summed E-state index contributed by atoms with van der Waals surface area (Å²) >= 11 is 0. The van der Waals surface area contributed by atoms with Crippen LogP contribution in [0, 0.1) is 13.8 Å². The first-order valence-corrected chi connectivity index (χ1v) is 6.46. The normalized spacial score (nSPS) is 10.6. The molecule has 0 fully saturated rings. The number of hydrogen-bond acceptors (Lipinski definition) is 3. The Labute approximate surface area is 104 Å². The third-order valence-corrected chi connectivity index (χ3v) is 3.07. The molecule has 1 heterocycles. The Morgan fingerprint density at radius 3 is 2.53 bits per heavy atom. The van der Waals surface area contributed by atoms with E-state index in [0.717, 1.165) is 42.1 Å². The summed E-state index contributed by atoms with van der Waals surface area (Å²) in [5.41, 5.74) is 3.11. The zero-order valence-electron chi connectivity index (χ0n) is 11.5. The van der Waals surface area contributed by atoms with Crippen molar-refractivity contribution in [1.82, 2.24) is 4.98 Å². The van der Waals surface area contributed by atoms with Gasteiger partial charge in [-0.2, -0.15) is 0 Å². The van der Waals surface area contributed by atoms with Crippen LogP contribution >= 0.6 is 0 Å². The third-order valence-electron chi connectivity index (χ3n) is 3.07. The summed E-state index contributed by atoms with van der Waals surface area (Å²) in [4.78, 5) is 6.85. The molecule has 0 aliphatic heterocycles. The summed E-state index contributed by atoms with van der Waals surface area (Å²) in [5.74, 6) is 0.959. The van der Waals surface area contributed by atoms with Gasteiger partial charge in [-0.25, -0.2) is 4.98 Å². The highest BCUT2D eigenvalue weighted by Crippen LogP contribution is 2.22. The summed E-state index contributed by atoms with van der Waals surface area (Å²) in [6.45, 7) is 10.4. The number of nitrogens with zero attached hydrogens (tertiary/aromatic N) is 2. The molecule has 1 aromatic rings. The van der Waals surface area contributed by atoms with Gasteiger partial charge in [-0.15, -0.1) is 0 Å². The van der Waals surface area contributed by atoms with Crippen LogP contribution in [0.25, 0.3) is 0 Å². The number of unbranched alkanes of at least 4 members (excludes halogenated alkanes) is 1. The third kappa shape index (κ3) is 3.43.